The lowest BCUT2D eigenvalue weighted by Gasteiger charge is -2.31. The van der Waals surface area contributed by atoms with Gasteiger partial charge in [-0.05, 0) is 40.4 Å². The minimum atomic E-state index is 0.424. The van der Waals surface area contributed by atoms with E-state index in [2.05, 4.69) is 36.9 Å². The zero-order chi connectivity index (χ0) is 10.6. The van der Waals surface area contributed by atoms with Crippen LogP contribution in [-0.2, 0) is 0 Å². The summed E-state index contributed by atoms with van der Waals surface area (Å²) in [6.07, 6.45) is 3.23. The van der Waals surface area contributed by atoms with Gasteiger partial charge >= 0.3 is 0 Å². The van der Waals surface area contributed by atoms with Crippen LogP contribution in [0.1, 0.15) is 26.2 Å². The maximum absolute atomic E-state index is 8.68. The van der Waals surface area contributed by atoms with Crippen LogP contribution in [0.25, 0.3) is 0 Å². The van der Waals surface area contributed by atoms with E-state index in [1.54, 1.807) is 0 Å². The predicted octanol–water partition coefficient (Wildman–Crippen LogP) is 1.31. The third-order valence-corrected chi connectivity index (χ3v) is 2.95. The van der Waals surface area contributed by atoms with Gasteiger partial charge in [0.1, 0.15) is 0 Å². The molecule has 0 bridgehead atoms. The predicted molar refractivity (Wildman–Crippen MR) is 58.0 cm³/mol. The molecular formula is C11H21N3. The quantitative estimate of drug-likeness (QED) is 0.677. The summed E-state index contributed by atoms with van der Waals surface area (Å²) in [5.74, 6) is 0. The molecule has 0 saturated carbocycles. The van der Waals surface area contributed by atoms with Crippen molar-refractivity contribution in [2.24, 2.45) is 0 Å². The van der Waals surface area contributed by atoms with Crippen LogP contribution in [0.5, 0.6) is 0 Å². The molecule has 1 heterocycles. The molecule has 1 fully saturated rings. The van der Waals surface area contributed by atoms with Gasteiger partial charge < -0.3 is 4.90 Å². The van der Waals surface area contributed by atoms with Crippen molar-refractivity contribution in [3.05, 3.63) is 0 Å². The molecule has 2 atom stereocenters. The Hall–Kier alpha value is -0.590. The second kappa shape index (κ2) is 5.33. The van der Waals surface area contributed by atoms with Crippen molar-refractivity contribution < 1.29 is 0 Å². The van der Waals surface area contributed by atoms with Gasteiger partial charge in [-0.3, -0.25) is 4.90 Å². The van der Waals surface area contributed by atoms with Crippen molar-refractivity contribution in [1.29, 1.82) is 5.26 Å². The number of nitrogens with zero attached hydrogens (tertiary/aromatic N) is 3. The molecule has 0 amide bonds. The highest BCUT2D eigenvalue weighted by Crippen LogP contribution is 2.21. The van der Waals surface area contributed by atoms with Crippen molar-refractivity contribution in [1.82, 2.24) is 9.80 Å². The number of hydrogen-bond acceptors (Lipinski definition) is 3. The van der Waals surface area contributed by atoms with E-state index in [0.29, 0.717) is 18.5 Å². The van der Waals surface area contributed by atoms with E-state index in [-0.39, 0.29) is 0 Å². The first-order chi connectivity index (χ1) is 6.65. The zero-order valence-corrected chi connectivity index (χ0v) is 9.53. The molecule has 2 unspecified atom stereocenters. The lowest BCUT2D eigenvalue weighted by atomic mass is 10.1. The smallest absolute Gasteiger partial charge is 0.0638 e. The van der Waals surface area contributed by atoms with Gasteiger partial charge in [0.25, 0.3) is 0 Å². The van der Waals surface area contributed by atoms with E-state index in [1.165, 1.54) is 19.4 Å². The second-order valence-electron chi connectivity index (χ2n) is 4.51. The van der Waals surface area contributed by atoms with Gasteiger partial charge in [0, 0.05) is 18.6 Å². The lowest BCUT2D eigenvalue weighted by molar-refractivity contribution is 0.163. The van der Waals surface area contributed by atoms with Crippen molar-refractivity contribution in [2.45, 2.75) is 38.3 Å². The lowest BCUT2D eigenvalue weighted by Crippen LogP contribution is -2.42. The summed E-state index contributed by atoms with van der Waals surface area (Å²) in [6, 6.07) is 3.35. The van der Waals surface area contributed by atoms with Crippen molar-refractivity contribution in [2.75, 3.05) is 27.2 Å². The molecule has 0 radical (unpaired) electrons. The average Bonchev–Trinajstić information content (AvgIpc) is 2.51. The van der Waals surface area contributed by atoms with Crippen LogP contribution in [0.2, 0.25) is 0 Å². The molecule has 80 valence electrons. The Bertz CT molecular complexity index is 207. The number of nitriles is 1. The largest absolute Gasteiger partial charge is 0.308 e. The van der Waals surface area contributed by atoms with Crippen LogP contribution >= 0.6 is 0 Å². The molecule has 0 N–H and O–H groups in total. The Morgan fingerprint density at radius 1 is 1.57 bits per heavy atom. The second-order valence-corrected chi connectivity index (χ2v) is 4.51. The molecule has 3 nitrogen and oxygen atoms in total. The fourth-order valence-corrected chi connectivity index (χ4v) is 2.31. The molecular weight excluding hydrogens is 174 g/mol. The highest BCUT2D eigenvalue weighted by Gasteiger charge is 2.28. The van der Waals surface area contributed by atoms with Crippen LogP contribution in [0.4, 0.5) is 0 Å². The van der Waals surface area contributed by atoms with Gasteiger partial charge in [-0.1, -0.05) is 0 Å². The summed E-state index contributed by atoms with van der Waals surface area (Å²) in [5, 5.41) is 8.68. The molecule has 0 aromatic carbocycles. The number of likely N-dealkylation sites (N-methyl/N-ethyl adjacent to an activating group) is 1. The van der Waals surface area contributed by atoms with Crippen molar-refractivity contribution in [3.63, 3.8) is 0 Å². The normalized spacial score (nSPS) is 25.2. The Labute approximate surface area is 87.3 Å². The molecule has 0 aromatic heterocycles. The van der Waals surface area contributed by atoms with Gasteiger partial charge in [-0.15, -0.1) is 0 Å². The Balaban J connectivity index is 2.46. The van der Waals surface area contributed by atoms with E-state index < -0.39 is 0 Å². The fraction of sp³-hybridized carbons (Fsp3) is 0.909. The van der Waals surface area contributed by atoms with Gasteiger partial charge in [-0.2, -0.15) is 5.26 Å². The molecule has 3 heteroatoms. The molecule has 1 rings (SSSR count). The standard InChI is InChI=1S/C11H21N3/c1-10(6-7-12)14-8-4-5-11(14)9-13(2)3/h10-11H,4-6,8-9H2,1-3H3. The highest BCUT2D eigenvalue weighted by molar-refractivity contribution is 4.88. The van der Waals surface area contributed by atoms with Gasteiger partial charge in [0.15, 0.2) is 0 Å². The SMILES string of the molecule is CC(CC#N)N1CCCC1CN(C)C. The first-order valence-electron chi connectivity index (χ1n) is 5.42. The van der Waals surface area contributed by atoms with Crippen LogP contribution < -0.4 is 0 Å². The summed E-state index contributed by atoms with van der Waals surface area (Å²) < 4.78 is 0. The van der Waals surface area contributed by atoms with E-state index in [9.17, 15) is 0 Å². The topological polar surface area (TPSA) is 30.3 Å². The summed E-state index contributed by atoms with van der Waals surface area (Å²) in [5.41, 5.74) is 0. The molecule has 0 aromatic rings. The van der Waals surface area contributed by atoms with E-state index in [1.807, 2.05) is 0 Å². The number of rotatable bonds is 4. The highest BCUT2D eigenvalue weighted by atomic mass is 15.2. The molecule has 0 aliphatic carbocycles. The summed E-state index contributed by atoms with van der Waals surface area (Å²) in [6.45, 7) is 4.45. The average molecular weight is 195 g/mol. The van der Waals surface area contributed by atoms with Crippen molar-refractivity contribution >= 4 is 0 Å². The van der Waals surface area contributed by atoms with Gasteiger partial charge in [-0.25, -0.2) is 0 Å². The summed E-state index contributed by atoms with van der Waals surface area (Å²) in [7, 11) is 4.23. The van der Waals surface area contributed by atoms with Crippen LogP contribution in [0.15, 0.2) is 0 Å². The first kappa shape index (κ1) is 11.5. The minimum Gasteiger partial charge on any atom is -0.308 e. The van der Waals surface area contributed by atoms with E-state index >= 15 is 0 Å². The molecule has 1 saturated heterocycles. The minimum absolute atomic E-state index is 0.424. The van der Waals surface area contributed by atoms with Gasteiger partial charge in [0.05, 0.1) is 12.5 Å². The fourth-order valence-electron chi connectivity index (χ4n) is 2.31. The van der Waals surface area contributed by atoms with E-state index in [0.717, 1.165) is 6.54 Å². The first-order valence-corrected chi connectivity index (χ1v) is 5.42. The Kier molecular flexibility index (Phi) is 4.37. The third-order valence-electron chi connectivity index (χ3n) is 2.95. The Morgan fingerprint density at radius 3 is 2.86 bits per heavy atom. The molecule has 1 aliphatic heterocycles. The van der Waals surface area contributed by atoms with Crippen molar-refractivity contribution in [3.8, 4) is 6.07 Å². The zero-order valence-electron chi connectivity index (χ0n) is 9.53. The monoisotopic (exact) mass is 195 g/mol. The molecule has 14 heavy (non-hydrogen) atoms. The number of likely N-dealkylation sites (tertiary alicyclic amines) is 1. The summed E-state index contributed by atoms with van der Waals surface area (Å²) >= 11 is 0. The van der Waals surface area contributed by atoms with Crippen LogP contribution in [0.3, 0.4) is 0 Å². The summed E-state index contributed by atoms with van der Waals surface area (Å²) in [4.78, 5) is 4.73. The number of hydrogen-bond donors (Lipinski definition) is 0. The molecule has 1 aliphatic rings. The maximum Gasteiger partial charge on any atom is 0.0638 e. The Morgan fingerprint density at radius 2 is 2.29 bits per heavy atom. The van der Waals surface area contributed by atoms with E-state index in [4.69, 9.17) is 5.26 Å². The molecule has 0 spiro atoms. The maximum atomic E-state index is 8.68. The van der Waals surface area contributed by atoms with Crippen LogP contribution in [-0.4, -0.2) is 49.1 Å². The van der Waals surface area contributed by atoms with Gasteiger partial charge in [0.2, 0.25) is 0 Å². The third kappa shape index (κ3) is 2.97. The van der Waals surface area contributed by atoms with Crippen LogP contribution in [0, 0.1) is 11.3 Å².